The van der Waals surface area contributed by atoms with Crippen molar-refractivity contribution in [3.8, 4) is 0 Å². The van der Waals surface area contributed by atoms with Gasteiger partial charge in [-0.3, -0.25) is 14.6 Å². The number of nitrogen functional groups attached to an aromatic ring is 1. The summed E-state index contributed by atoms with van der Waals surface area (Å²) >= 11 is 0. The van der Waals surface area contributed by atoms with Crippen LogP contribution in [-0.4, -0.2) is 57.0 Å². The summed E-state index contributed by atoms with van der Waals surface area (Å²) < 4.78 is 0. The Morgan fingerprint density at radius 1 is 1.08 bits per heavy atom. The summed E-state index contributed by atoms with van der Waals surface area (Å²) in [5.74, 6) is -0.293. The van der Waals surface area contributed by atoms with Crippen LogP contribution < -0.4 is 5.73 Å². The van der Waals surface area contributed by atoms with Gasteiger partial charge in [-0.2, -0.15) is 0 Å². The summed E-state index contributed by atoms with van der Waals surface area (Å²) in [6.07, 6.45) is 3.43. The lowest BCUT2D eigenvalue weighted by molar-refractivity contribution is -0.149. The predicted octanol–water partition coefficient (Wildman–Crippen LogP) is 1.08. The number of anilines is 1. The molecule has 3 heterocycles. The van der Waals surface area contributed by atoms with Crippen LogP contribution in [0.25, 0.3) is 0 Å². The predicted molar refractivity (Wildman–Crippen MR) is 97.0 cm³/mol. The number of carbonyl (C=O) groups is 1. The molecule has 2 aromatic rings. The minimum absolute atomic E-state index is 0.137. The van der Waals surface area contributed by atoms with Gasteiger partial charge >= 0.3 is 5.97 Å². The number of carboxylic acids is 1. The van der Waals surface area contributed by atoms with E-state index in [-0.39, 0.29) is 11.9 Å². The first-order valence-corrected chi connectivity index (χ1v) is 8.83. The van der Waals surface area contributed by atoms with E-state index in [0.29, 0.717) is 19.6 Å². The molecule has 0 unspecified atom stereocenters. The third kappa shape index (κ3) is 3.15. The van der Waals surface area contributed by atoms with Crippen molar-refractivity contribution >= 4 is 11.9 Å². The highest BCUT2D eigenvalue weighted by molar-refractivity contribution is 5.77. The molecular weight excluding hydrogens is 330 g/mol. The SMILES string of the molecule is Nc1ncc(CN2C[C@H]3CN(Cc4ccccc4)C[C@@]3(C(=O)O)C2)cn1. The average Bonchev–Trinajstić information content (AvgIpc) is 3.12. The number of fused-ring (bicyclic) bond motifs is 1. The van der Waals surface area contributed by atoms with E-state index in [0.717, 1.165) is 25.2 Å². The number of likely N-dealkylation sites (tertiary alicyclic amines) is 2. The Balaban J connectivity index is 1.45. The van der Waals surface area contributed by atoms with Gasteiger partial charge in [-0.15, -0.1) is 0 Å². The molecule has 0 saturated carbocycles. The summed E-state index contributed by atoms with van der Waals surface area (Å²) in [6.45, 7) is 4.21. The van der Waals surface area contributed by atoms with Crippen LogP contribution in [0.1, 0.15) is 11.1 Å². The molecule has 0 amide bonds. The van der Waals surface area contributed by atoms with Gasteiger partial charge in [0, 0.05) is 63.1 Å². The summed E-state index contributed by atoms with van der Waals surface area (Å²) in [6, 6.07) is 10.2. The number of rotatable bonds is 5. The number of carboxylic acid groups (broad SMARTS) is 1. The highest BCUT2D eigenvalue weighted by Gasteiger charge is 2.57. The lowest BCUT2D eigenvalue weighted by Crippen LogP contribution is -2.40. The zero-order valence-corrected chi connectivity index (χ0v) is 14.6. The molecule has 0 bridgehead atoms. The molecule has 0 spiro atoms. The van der Waals surface area contributed by atoms with Gasteiger partial charge in [0.25, 0.3) is 0 Å². The fourth-order valence-corrected chi connectivity index (χ4v) is 4.36. The summed E-state index contributed by atoms with van der Waals surface area (Å²) in [5.41, 5.74) is 7.02. The first-order chi connectivity index (χ1) is 12.5. The van der Waals surface area contributed by atoms with E-state index >= 15 is 0 Å². The minimum atomic E-state index is -0.691. The van der Waals surface area contributed by atoms with Gasteiger partial charge in [0.1, 0.15) is 0 Å². The number of benzene rings is 1. The summed E-state index contributed by atoms with van der Waals surface area (Å²) in [7, 11) is 0. The largest absolute Gasteiger partial charge is 0.481 e. The van der Waals surface area contributed by atoms with E-state index in [4.69, 9.17) is 5.73 Å². The molecule has 2 aliphatic heterocycles. The Kier molecular flexibility index (Phi) is 4.34. The first-order valence-electron chi connectivity index (χ1n) is 8.83. The van der Waals surface area contributed by atoms with Crippen LogP contribution >= 0.6 is 0 Å². The van der Waals surface area contributed by atoms with Crippen LogP contribution in [0, 0.1) is 11.3 Å². The highest BCUT2D eigenvalue weighted by Crippen LogP contribution is 2.43. The fraction of sp³-hybridized carbons (Fsp3) is 0.421. The number of nitrogens with two attached hydrogens (primary N) is 1. The second-order valence-electron chi connectivity index (χ2n) is 7.43. The minimum Gasteiger partial charge on any atom is -0.481 e. The maximum Gasteiger partial charge on any atom is 0.312 e. The maximum atomic E-state index is 12.2. The van der Waals surface area contributed by atoms with Crippen LogP contribution in [-0.2, 0) is 17.9 Å². The van der Waals surface area contributed by atoms with Crippen LogP contribution in [0.4, 0.5) is 5.95 Å². The maximum absolute atomic E-state index is 12.2. The van der Waals surface area contributed by atoms with E-state index in [1.165, 1.54) is 5.56 Å². The second kappa shape index (κ2) is 6.66. The fourth-order valence-electron chi connectivity index (χ4n) is 4.36. The van der Waals surface area contributed by atoms with E-state index in [1.54, 1.807) is 12.4 Å². The average molecular weight is 353 g/mol. The molecule has 26 heavy (non-hydrogen) atoms. The molecule has 2 saturated heterocycles. The van der Waals surface area contributed by atoms with E-state index in [2.05, 4.69) is 31.9 Å². The Hall–Kier alpha value is -2.51. The van der Waals surface area contributed by atoms with Crippen LogP contribution in [0.15, 0.2) is 42.7 Å². The Morgan fingerprint density at radius 2 is 1.65 bits per heavy atom. The molecule has 1 aromatic carbocycles. The van der Waals surface area contributed by atoms with Crippen molar-refractivity contribution in [2.45, 2.75) is 13.1 Å². The molecule has 4 rings (SSSR count). The first kappa shape index (κ1) is 16.9. The van der Waals surface area contributed by atoms with Crippen molar-refractivity contribution in [1.29, 1.82) is 0 Å². The van der Waals surface area contributed by atoms with Gasteiger partial charge in [-0.1, -0.05) is 30.3 Å². The van der Waals surface area contributed by atoms with E-state index < -0.39 is 11.4 Å². The molecule has 2 aliphatic rings. The van der Waals surface area contributed by atoms with Crippen LogP contribution in [0.5, 0.6) is 0 Å². The van der Waals surface area contributed by atoms with Crippen molar-refractivity contribution in [3.05, 3.63) is 53.9 Å². The third-order valence-corrected chi connectivity index (χ3v) is 5.56. The van der Waals surface area contributed by atoms with Gasteiger partial charge in [0.15, 0.2) is 0 Å². The van der Waals surface area contributed by atoms with Crippen molar-refractivity contribution < 1.29 is 9.90 Å². The molecule has 2 atom stereocenters. The number of hydrogen-bond donors (Lipinski definition) is 2. The van der Waals surface area contributed by atoms with E-state index in [1.807, 2.05) is 18.2 Å². The lowest BCUT2D eigenvalue weighted by Gasteiger charge is -2.25. The molecule has 7 heteroatoms. The van der Waals surface area contributed by atoms with Gasteiger partial charge in [-0.25, -0.2) is 9.97 Å². The molecule has 2 fully saturated rings. The third-order valence-electron chi connectivity index (χ3n) is 5.56. The van der Waals surface area contributed by atoms with Crippen molar-refractivity contribution in [1.82, 2.24) is 19.8 Å². The van der Waals surface area contributed by atoms with Gasteiger partial charge in [0.05, 0.1) is 5.41 Å². The number of hydrogen-bond acceptors (Lipinski definition) is 6. The topological polar surface area (TPSA) is 95.6 Å². The Bertz CT molecular complexity index is 782. The van der Waals surface area contributed by atoms with E-state index in [9.17, 15) is 9.90 Å². The zero-order chi connectivity index (χ0) is 18.1. The van der Waals surface area contributed by atoms with Gasteiger partial charge in [0.2, 0.25) is 5.95 Å². The van der Waals surface area contributed by atoms with Crippen LogP contribution in [0.2, 0.25) is 0 Å². The highest BCUT2D eigenvalue weighted by atomic mass is 16.4. The molecule has 0 radical (unpaired) electrons. The monoisotopic (exact) mass is 353 g/mol. The number of aromatic nitrogens is 2. The van der Waals surface area contributed by atoms with Crippen molar-refractivity contribution in [3.63, 3.8) is 0 Å². The normalized spacial score (nSPS) is 26.1. The van der Waals surface area contributed by atoms with Crippen molar-refractivity contribution in [2.24, 2.45) is 11.3 Å². The molecule has 0 aliphatic carbocycles. The zero-order valence-electron chi connectivity index (χ0n) is 14.6. The summed E-state index contributed by atoms with van der Waals surface area (Å²) in [5, 5.41) is 9.98. The quantitative estimate of drug-likeness (QED) is 0.830. The standard InChI is InChI=1S/C19H23N5O2/c20-18-21-6-15(7-22-18)9-24-11-16-10-23(8-14-4-2-1-3-5-14)12-19(16,13-24)17(25)26/h1-7,16H,8-13H2,(H,25,26)(H2,20,21,22)/t16-,19-/m1/s1. The van der Waals surface area contributed by atoms with Crippen LogP contribution in [0.3, 0.4) is 0 Å². The smallest absolute Gasteiger partial charge is 0.312 e. The Morgan fingerprint density at radius 3 is 2.19 bits per heavy atom. The van der Waals surface area contributed by atoms with Gasteiger partial charge in [-0.05, 0) is 5.56 Å². The molecule has 1 aromatic heterocycles. The molecule has 3 N–H and O–H groups in total. The number of nitrogens with zero attached hydrogens (tertiary/aromatic N) is 4. The number of aliphatic carboxylic acids is 1. The summed E-state index contributed by atoms with van der Waals surface area (Å²) in [4.78, 5) is 24.7. The second-order valence-corrected chi connectivity index (χ2v) is 7.43. The molecule has 136 valence electrons. The molecule has 7 nitrogen and oxygen atoms in total. The lowest BCUT2D eigenvalue weighted by atomic mass is 9.81. The Labute approximate surface area is 152 Å². The van der Waals surface area contributed by atoms with Gasteiger partial charge < -0.3 is 10.8 Å². The van der Waals surface area contributed by atoms with Crippen molar-refractivity contribution in [2.75, 3.05) is 31.9 Å². The molecular formula is C19H23N5O2.